The van der Waals surface area contributed by atoms with Crippen molar-refractivity contribution in [2.75, 3.05) is 9.80 Å². The molecule has 3 heterocycles. The van der Waals surface area contributed by atoms with Crippen LogP contribution in [0.5, 0.6) is 23.0 Å². The van der Waals surface area contributed by atoms with Crippen molar-refractivity contribution in [3.63, 3.8) is 0 Å². The van der Waals surface area contributed by atoms with Crippen molar-refractivity contribution in [3.05, 3.63) is 182 Å². The van der Waals surface area contributed by atoms with Gasteiger partial charge in [-0.15, -0.1) is 0 Å². The van der Waals surface area contributed by atoms with Gasteiger partial charge >= 0.3 is 0 Å². The van der Waals surface area contributed by atoms with Crippen LogP contribution in [0, 0.1) is 0 Å². The van der Waals surface area contributed by atoms with Gasteiger partial charge in [0.15, 0.2) is 23.0 Å². The van der Waals surface area contributed by atoms with Crippen LogP contribution in [0.15, 0.2) is 186 Å². The molecule has 0 unspecified atom stereocenters. The van der Waals surface area contributed by atoms with E-state index in [4.69, 9.17) is 13.9 Å². The predicted octanol–water partition coefficient (Wildman–Crippen LogP) is 14.1. The van der Waals surface area contributed by atoms with E-state index in [0.717, 1.165) is 101 Å². The minimum absolute atomic E-state index is 0.838. The standard InChI is InChI=1S/C48H30N2O3/c1-5-19-43-39(15-1)49(40-16-2-6-20-44(40)51-43)33-27-23-31(24-28-33)35-11-9-13-37-38-14-10-12-36(48(38)53-47(35)37)32-25-29-34(30-26-32)50-41-17-3-7-21-45(41)52-46-22-8-4-18-42(46)50/h1-30H. The van der Waals surface area contributed by atoms with E-state index in [9.17, 15) is 0 Å². The topological polar surface area (TPSA) is 38.1 Å². The molecule has 0 saturated heterocycles. The fraction of sp³-hybridized carbons (Fsp3) is 0. The number of rotatable bonds is 4. The molecule has 0 fully saturated rings. The first-order valence-electron chi connectivity index (χ1n) is 17.8. The van der Waals surface area contributed by atoms with Crippen LogP contribution in [0.1, 0.15) is 0 Å². The van der Waals surface area contributed by atoms with Crippen molar-refractivity contribution in [1.29, 1.82) is 0 Å². The first kappa shape index (κ1) is 29.5. The molecule has 0 atom stereocenters. The lowest BCUT2D eigenvalue weighted by Crippen LogP contribution is -2.15. The zero-order valence-electron chi connectivity index (χ0n) is 28.4. The second-order valence-electron chi connectivity index (χ2n) is 13.3. The third-order valence-corrected chi connectivity index (χ3v) is 10.3. The molecule has 0 bridgehead atoms. The smallest absolute Gasteiger partial charge is 0.151 e. The van der Waals surface area contributed by atoms with Gasteiger partial charge in [0.1, 0.15) is 11.2 Å². The molecule has 9 aromatic rings. The highest BCUT2D eigenvalue weighted by atomic mass is 16.5. The van der Waals surface area contributed by atoms with Crippen molar-refractivity contribution in [1.82, 2.24) is 0 Å². The second-order valence-corrected chi connectivity index (χ2v) is 13.3. The summed E-state index contributed by atoms with van der Waals surface area (Å²) in [7, 11) is 0. The van der Waals surface area contributed by atoms with E-state index in [1.807, 2.05) is 72.8 Å². The molecule has 0 N–H and O–H groups in total. The van der Waals surface area contributed by atoms with E-state index < -0.39 is 0 Å². The Kier molecular flexibility index (Phi) is 6.48. The van der Waals surface area contributed by atoms with Gasteiger partial charge in [0.25, 0.3) is 0 Å². The van der Waals surface area contributed by atoms with Crippen LogP contribution in [-0.2, 0) is 0 Å². The van der Waals surface area contributed by atoms with Gasteiger partial charge in [-0.1, -0.05) is 109 Å². The van der Waals surface area contributed by atoms with Crippen molar-refractivity contribution in [2.24, 2.45) is 0 Å². The number of fused-ring (bicyclic) bond motifs is 7. The predicted molar refractivity (Wildman–Crippen MR) is 214 cm³/mol. The van der Waals surface area contributed by atoms with E-state index in [1.165, 1.54) is 0 Å². The summed E-state index contributed by atoms with van der Waals surface area (Å²) in [6, 6.07) is 62.9. The number of hydrogen-bond donors (Lipinski definition) is 0. The summed E-state index contributed by atoms with van der Waals surface area (Å²) in [5.41, 5.74) is 12.2. The van der Waals surface area contributed by atoms with E-state index in [-0.39, 0.29) is 0 Å². The fourth-order valence-corrected chi connectivity index (χ4v) is 7.82. The maximum atomic E-state index is 6.85. The lowest BCUT2D eigenvalue weighted by atomic mass is 9.99. The molecule has 53 heavy (non-hydrogen) atoms. The van der Waals surface area contributed by atoms with Crippen LogP contribution in [0.25, 0.3) is 44.2 Å². The Hall–Kier alpha value is -7.24. The highest BCUT2D eigenvalue weighted by Crippen LogP contribution is 2.52. The van der Waals surface area contributed by atoms with Gasteiger partial charge in [0.2, 0.25) is 0 Å². The maximum Gasteiger partial charge on any atom is 0.151 e. The van der Waals surface area contributed by atoms with Crippen molar-refractivity contribution in [2.45, 2.75) is 0 Å². The maximum absolute atomic E-state index is 6.85. The van der Waals surface area contributed by atoms with E-state index in [2.05, 4.69) is 119 Å². The second kappa shape index (κ2) is 11.7. The number of anilines is 6. The third kappa shape index (κ3) is 4.64. The zero-order chi connectivity index (χ0) is 34.9. The van der Waals surface area contributed by atoms with E-state index in [1.54, 1.807) is 0 Å². The Morgan fingerprint density at radius 3 is 1.00 bits per heavy atom. The Balaban J connectivity index is 0.968. The first-order valence-corrected chi connectivity index (χ1v) is 17.8. The van der Waals surface area contributed by atoms with Crippen LogP contribution >= 0.6 is 0 Å². The lowest BCUT2D eigenvalue weighted by Gasteiger charge is -2.32. The molecular weight excluding hydrogens is 653 g/mol. The average Bonchev–Trinajstić information content (AvgIpc) is 3.61. The van der Waals surface area contributed by atoms with Crippen LogP contribution in [-0.4, -0.2) is 0 Å². The molecule has 11 rings (SSSR count). The summed E-state index contributed by atoms with van der Waals surface area (Å²) < 4.78 is 19.3. The molecule has 0 aliphatic carbocycles. The lowest BCUT2D eigenvalue weighted by molar-refractivity contribution is 0.477. The van der Waals surface area contributed by atoms with Crippen molar-refractivity contribution < 1.29 is 13.9 Å². The largest absolute Gasteiger partial charge is 0.455 e. The van der Waals surface area contributed by atoms with Gasteiger partial charge in [-0.25, -0.2) is 0 Å². The Morgan fingerprint density at radius 1 is 0.302 bits per heavy atom. The summed E-state index contributed by atoms with van der Waals surface area (Å²) in [5, 5.41) is 2.19. The highest BCUT2D eigenvalue weighted by Gasteiger charge is 2.27. The minimum Gasteiger partial charge on any atom is -0.455 e. The summed E-state index contributed by atoms with van der Waals surface area (Å²) in [4.78, 5) is 4.52. The molecule has 250 valence electrons. The van der Waals surface area contributed by atoms with Crippen molar-refractivity contribution in [3.8, 4) is 45.3 Å². The van der Waals surface area contributed by atoms with Gasteiger partial charge in [-0.05, 0) is 83.9 Å². The molecule has 8 aromatic carbocycles. The Bertz CT molecular complexity index is 2570. The van der Waals surface area contributed by atoms with E-state index in [0.29, 0.717) is 0 Å². The molecule has 5 heteroatoms. The number of benzene rings is 8. The van der Waals surface area contributed by atoms with Gasteiger partial charge in [0, 0.05) is 33.3 Å². The molecule has 1 aromatic heterocycles. The SMILES string of the molecule is c1ccc2c(c1)Oc1ccccc1N2c1ccc(-c2cccc3c2oc2c(-c4ccc(N5c6ccccc6Oc6ccccc65)cc4)cccc23)cc1. The van der Waals surface area contributed by atoms with Gasteiger partial charge < -0.3 is 23.7 Å². The monoisotopic (exact) mass is 682 g/mol. The fourth-order valence-electron chi connectivity index (χ4n) is 7.82. The average molecular weight is 683 g/mol. The molecule has 0 radical (unpaired) electrons. The number of ether oxygens (including phenoxy) is 2. The number of furan rings is 1. The van der Waals surface area contributed by atoms with Gasteiger partial charge in [-0.3, -0.25) is 0 Å². The molecule has 5 nitrogen and oxygen atoms in total. The molecule has 0 spiro atoms. The van der Waals surface area contributed by atoms with Crippen molar-refractivity contribution >= 4 is 56.1 Å². The number of para-hydroxylation sites is 10. The zero-order valence-corrected chi connectivity index (χ0v) is 28.4. The normalized spacial score (nSPS) is 12.8. The van der Waals surface area contributed by atoms with Crippen LogP contribution in [0.2, 0.25) is 0 Å². The first-order chi connectivity index (χ1) is 26.3. The molecule has 2 aliphatic rings. The molecule has 0 saturated carbocycles. The third-order valence-electron chi connectivity index (χ3n) is 10.3. The molecular formula is C48H30N2O3. The summed E-state index contributed by atoms with van der Waals surface area (Å²) in [5.74, 6) is 3.35. The van der Waals surface area contributed by atoms with Gasteiger partial charge in [-0.2, -0.15) is 0 Å². The van der Waals surface area contributed by atoms with Crippen LogP contribution in [0.3, 0.4) is 0 Å². The summed E-state index contributed by atoms with van der Waals surface area (Å²) >= 11 is 0. The number of hydrogen-bond acceptors (Lipinski definition) is 5. The molecule has 0 amide bonds. The Morgan fingerprint density at radius 2 is 0.642 bits per heavy atom. The summed E-state index contributed by atoms with van der Waals surface area (Å²) in [6.07, 6.45) is 0. The highest BCUT2D eigenvalue weighted by molar-refractivity contribution is 6.13. The van der Waals surface area contributed by atoms with Crippen LogP contribution < -0.4 is 19.3 Å². The van der Waals surface area contributed by atoms with Gasteiger partial charge in [0.05, 0.1) is 22.7 Å². The minimum atomic E-state index is 0.838. The number of nitrogens with zero attached hydrogens (tertiary/aromatic N) is 2. The quantitative estimate of drug-likeness (QED) is 0.185. The molecule has 2 aliphatic heterocycles. The Labute approximate surface area is 306 Å². The van der Waals surface area contributed by atoms with E-state index >= 15 is 0 Å². The summed E-state index contributed by atoms with van der Waals surface area (Å²) in [6.45, 7) is 0. The van der Waals surface area contributed by atoms with Crippen LogP contribution in [0.4, 0.5) is 34.1 Å².